The van der Waals surface area contributed by atoms with Gasteiger partial charge in [-0.05, 0) is 32.1 Å². The fourth-order valence-corrected chi connectivity index (χ4v) is 9.46. The summed E-state index contributed by atoms with van der Waals surface area (Å²) in [7, 11) is 0. The van der Waals surface area contributed by atoms with E-state index in [1.807, 2.05) is 6.08 Å². The van der Waals surface area contributed by atoms with E-state index in [4.69, 9.17) is 4.74 Å². The van der Waals surface area contributed by atoms with Gasteiger partial charge < -0.3 is 20.3 Å². The summed E-state index contributed by atoms with van der Waals surface area (Å²) < 4.78 is 5.48. The van der Waals surface area contributed by atoms with E-state index in [9.17, 15) is 19.8 Å². The molecule has 0 heterocycles. The molecule has 0 rings (SSSR count). The second-order valence-corrected chi connectivity index (χ2v) is 20.7. The molecule has 0 aromatic carbocycles. The number of carbonyl (C=O) groups is 2. The Kier molecular flexibility index (Phi) is 55.0. The molecule has 1 amide bonds. The van der Waals surface area contributed by atoms with E-state index >= 15 is 0 Å². The highest BCUT2D eigenvalue weighted by atomic mass is 16.5. The van der Waals surface area contributed by atoms with E-state index in [1.165, 1.54) is 270 Å². The van der Waals surface area contributed by atoms with Crippen molar-refractivity contribution in [2.24, 2.45) is 0 Å². The van der Waals surface area contributed by atoms with Crippen molar-refractivity contribution >= 4 is 11.9 Å². The number of aliphatic hydroxyl groups excluding tert-OH is 2. The molecule has 0 spiro atoms. The largest absolute Gasteiger partial charge is 0.466 e. The zero-order chi connectivity index (χ0) is 47.9. The monoisotopic (exact) mass is 932 g/mol. The molecule has 2 atom stereocenters. The number of unbranched alkanes of at least 4 members (excludes halogenated alkanes) is 45. The molecule has 0 radical (unpaired) electrons. The highest BCUT2D eigenvalue weighted by Gasteiger charge is 2.18. The highest BCUT2D eigenvalue weighted by molar-refractivity contribution is 5.76. The number of amides is 1. The number of allylic oxidation sites excluding steroid dienone is 1. The molecule has 392 valence electrons. The molecule has 0 aliphatic carbocycles. The smallest absolute Gasteiger partial charge is 0.305 e. The summed E-state index contributed by atoms with van der Waals surface area (Å²) in [5.74, 6) is -0.0515. The van der Waals surface area contributed by atoms with Gasteiger partial charge in [0.2, 0.25) is 5.91 Å². The molecule has 2 unspecified atom stereocenters. The van der Waals surface area contributed by atoms with Crippen LogP contribution in [-0.2, 0) is 14.3 Å². The Morgan fingerprint density at radius 3 is 1.03 bits per heavy atom. The van der Waals surface area contributed by atoms with Crippen molar-refractivity contribution in [2.75, 3.05) is 13.2 Å². The lowest BCUT2D eigenvalue weighted by atomic mass is 10.0. The molecule has 0 saturated heterocycles. The second kappa shape index (κ2) is 56.2. The van der Waals surface area contributed by atoms with E-state index in [-0.39, 0.29) is 18.5 Å². The fraction of sp³-hybridized carbons (Fsp3) is 0.933. The van der Waals surface area contributed by atoms with Crippen LogP contribution in [0.1, 0.15) is 335 Å². The summed E-state index contributed by atoms with van der Waals surface area (Å²) >= 11 is 0. The zero-order valence-electron chi connectivity index (χ0n) is 44.7. The Morgan fingerprint density at radius 1 is 0.409 bits per heavy atom. The molecule has 3 N–H and O–H groups in total. The Hall–Kier alpha value is -1.40. The van der Waals surface area contributed by atoms with E-state index in [1.54, 1.807) is 6.08 Å². The van der Waals surface area contributed by atoms with E-state index in [0.717, 1.165) is 38.5 Å². The summed E-state index contributed by atoms with van der Waals surface area (Å²) in [4.78, 5) is 24.5. The average molecular weight is 933 g/mol. The van der Waals surface area contributed by atoms with Crippen molar-refractivity contribution in [3.63, 3.8) is 0 Å². The third-order valence-corrected chi connectivity index (χ3v) is 14.1. The molecule has 0 aliphatic heterocycles. The van der Waals surface area contributed by atoms with Crippen LogP contribution in [0.4, 0.5) is 0 Å². The minimum Gasteiger partial charge on any atom is -0.466 e. The minimum absolute atomic E-state index is 0.0154. The first-order valence-electron chi connectivity index (χ1n) is 30.0. The number of carbonyl (C=O) groups excluding carboxylic acids is 2. The van der Waals surface area contributed by atoms with Gasteiger partial charge in [-0.15, -0.1) is 0 Å². The van der Waals surface area contributed by atoms with Crippen LogP contribution in [0, 0.1) is 0 Å². The lowest BCUT2D eigenvalue weighted by molar-refractivity contribution is -0.143. The van der Waals surface area contributed by atoms with Gasteiger partial charge in [-0.2, -0.15) is 0 Å². The fourth-order valence-electron chi connectivity index (χ4n) is 9.46. The van der Waals surface area contributed by atoms with Gasteiger partial charge in [0.1, 0.15) is 0 Å². The first-order valence-corrected chi connectivity index (χ1v) is 30.0. The molecule has 0 saturated carbocycles. The number of nitrogens with one attached hydrogen (secondary N) is 1. The Labute approximate surface area is 412 Å². The number of ether oxygens (including phenoxy) is 1. The van der Waals surface area contributed by atoms with E-state index in [2.05, 4.69) is 19.2 Å². The SMILES string of the molecule is CCCCCCCCCCCCC/C=C/C(O)C(CO)NC(=O)CCCCCCCCCCCCCCCCCCCCCCCCOC(=O)CCCCCCCCCCCCCCCC. The van der Waals surface area contributed by atoms with Gasteiger partial charge in [0.05, 0.1) is 25.4 Å². The molecule has 0 aromatic heterocycles. The van der Waals surface area contributed by atoms with Gasteiger partial charge in [0, 0.05) is 12.8 Å². The molecular formula is C60H117NO5. The zero-order valence-corrected chi connectivity index (χ0v) is 44.7. The number of aliphatic hydroxyl groups is 2. The predicted molar refractivity (Wildman–Crippen MR) is 287 cm³/mol. The maximum absolute atomic E-state index is 12.4. The maximum Gasteiger partial charge on any atom is 0.305 e. The molecule has 0 fully saturated rings. The van der Waals surface area contributed by atoms with Gasteiger partial charge >= 0.3 is 5.97 Å². The third-order valence-electron chi connectivity index (χ3n) is 14.1. The van der Waals surface area contributed by atoms with Crippen LogP contribution in [0.25, 0.3) is 0 Å². The molecular weight excluding hydrogens is 815 g/mol. The first-order chi connectivity index (χ1) is 32.5. The van der Waals surface area contributed by atoms with Crippen molar-refractivity contribution in [1.82, 2.24) is 5.32 Å². The van der Waals surface area contributed by atoms with Crippen LogP contribution in [0.3, 0.4) is 0 Å². The van der Waals surface area contributed by atoms with Crippen molar-refractivity contribution in [1.29, 1.82) is 0 Å². The van der Waals surface area contributed by atoms with Gasteiger partial charge in [0.25, 0.3) is 0 Å². The second-order valence-electron chi connectivity index (χ2n) is 20.7. The van der Waals surface area contributed by atoms with Gasteiger partial charge in [-0.3, -0.25) is 9.59 Å². The maximum atomic E-state index is 12.4. The molecule has 0 bridgehead atoms. The van der Waals surface area contributed by atoms with Crippen LogP contribution in [0.5, 0.6) is 0 Å². The predicted octanol–water partition coefficient (Wildman–Crippen LogP) is 18.5. The highest BCUT2D eigenvalue weighted by Crippen LogP contribution is 2.18. The van der Waals surface area contributed by atoms with Crippen molar-refractivity contribution in [2.45, 2.75) is 347 Å². The van der Waals surface area contributed by atoms with Crippen LogP contribution >= 0.6 is 0 Å². The summed E-state index contributed by atoms with van der Waals surface area (Å²) in [5, 5.41) is 23.1. The molecule has 0 aromatic rings. The topological polar surface area (TPSA) is 95.9 Å². The van der Waals surface area contributed by atoms with Crippen LogP contribution in [0.15, 0.2) is 12.2 Å². The number of hydrogen-bond acceptors (Lipinski definition) is 5. The quantitative estimate of drug-likeness (QED) is 0.0321. The lowest BCUT2D eigenvalue weighted by Crippen LogP contribution is -2.45. The Balaban J connectivity index is 3.37. The summed E-state index contributed by atoms with van der Waals surface area (Å²) in [5.41, 5.74) is 0. The number of esters is 1. The first kappa shape index (κ1) is 64.6. The van der Waals surface area contributed by atoms with Crippen LogP contribution in [-0.4, -0.2) is 47.4 Å². The molecule has 6 nitrogen and oxygen atoms in total. The van der Waals surface area contributed by atoms with Gasteiger partial charge in [-0.1, -0.05) is 302 Å². The van der Waals surface area contributed by atoms with Gasteiger partial charge in [-0.25, -0.2) is 0 Å². The van der Waals surface area contributed by atoms with E-state index < -0.39 is 12.1 Å². The van der Waals surface area contributed by atoms with Crippen molar-refractivity contribution in [3.8, 4) is 0 Å². The third kappa shape index (κ3) is 52.0. The molecule has 66 heavy (non-hydrogen) atoms. The van der Waals surface area contributed by atoms with Crippen molar-refractivity contribution in [3.05, 3.63) is 12.2 Å². The van der Waals surface area contributed by atoms with E-state index in [0.29, 0.717) is 19.4 Å². The van der Waals surface area contributed by atoms with Crippen molar-refractivity contribution < 1.29 is 24.5 Å². The lowest BCUT2D eigenvalue weighted by Gasteiger charge is -2.20. The molecule has 6 heteroatoms. The van der Waals surface area contributed by atoms with Gasteiger partial charge in [0.15, 0.2) is 0 Å². The molecule has 0 aliphatic rings. The Bertz CT molecular complexity index is 986. The summed E-state index contributed by atoms with van der Waals surface area (Å²) in [6, 6.07) is -0.626. The normalized spacial score (nSPS) is 12.6. The number of rotatable bonds is 56. The Morgan fingerprint density at radius 2 is 0.697 bits per heavy atom. The summed E-state index contributed by atoms with van der Waals surface area (Å²) in [6.45, 7) is 4.92. The average Bonchev–Trinajstić information content (AvgIpc) is 3.32. The minimum atomic E-state index is -0.843. The standard InChI is InChI=1S/C60H117NO5/c1-3-5-7-9-11-13-15-17-30-34-38-42-46-50-54-60(65)66-55-51-47-43-39-35-31-27-25-23-21-19-18-20-22-24-26-29-33-37-41-45-49-53-59(64)61-57(56-62)58(63)52-48-44-40-36-32-28-16-14-12-10-8-6-4-2/h48,52,57-58,62-63H,3-47,49-51,53-56H2,1-2H3,(H,61,64)/b52-48+. The summed E-state index contributed by atoms with van der Waals surface area (Å²) in [6.07, 6.45) is 66.7. The van der Waals surface area contributed by atoms with Crippen LogP contribution in [0.2, 0.25) is 0 Å². The van der Waals surface area contributed by atoms with Crippen LogP contribution < -0.4 is 5.32 Å². The number of hydrogen-bond donors (Lipinski definition) is 3.